The quantitative estimate of drug-likeness (QED) is 0.564. The summed E-state index contributed by atoms with van der Waals surface area (Å²) in [6, 6.07) is 23.1. The highest BCUT2D eigenvalue weighted by Crippen LogP contribution is 2.41. The van der Waals surface area contributed by atoms with E-state index in [1.54, 1.807) is 11.3 Å². The van der Waals surface area contributed by atoms with Crippen LogP contribution < -0.4 is 10.2 Å². The Hall–Kier alpha value is -2.24. The van der Waals surface area contributed by atoms with Crippen molar-refractivity contribution in [3.63, 3.8) is 0 Å². The molecule has 0 spiro atoms. The van der Waals surface area contributed by atoms with Gasteiger partial charge in [0.15, 0.2) is 0 Å². The number of hydrogen-bond acceptors (Lipinski definition) is 4. The van der Waals surface area contributed by atoms with E-state index in [0.29, 0.717) is 0 Å². The van der Waals surface area contributed by atoms with Crippen LogP contribution in [-0.2, 0) is 6.42 Å². The van der Waals surface area contributed by atoms with Crippen LogP contribution in [0.3, 0.4) is 0 Å². The Balaban J connectivity index is 1.38. The lowest BCUT2D eigenvalue weighted by Crippen LogP contribution is -2.32. The molecule has 4 rings (SSSR count). The van der Waals surface area contributed by atoms with Crippen molar-refractivity contribution in [3.8, 4) is 0 Å². The van der Waals surface area contributed by atoms with Gasteiger partial charge in [-0.3, -0.25) is 4.79 Å². The molecule has 0 radical (unpaired) electrons. The van der Waals surface area contributed by atoms with E-state index in [1.807, 2.05) is 23.9 Å². The number of benzene rings is 2. The second kappa shape index (κ2) is 8.84. The number of carbonyl (C=O) groups is 1. The number of thiophene rings is 1. The minimum absolute atomic E-state index is 0.0245. The molecule has 0 aliphatic carbocycles. The lowest BCUT2D eigenvalue weighted by atomic mass is 10.1. The Morgan fingerprint density at radius 2 is 1.86 bits per heavy atom. The number of nitrogens with one attached hydrogen (secondary N) is 1. The second-order valence-electron chi connectivity index (χ2n) is 7.00. The Kier molecular flexibility index (Phi) is 6.03. The van der Waals surface area contributed by atoms with Gasteiger partial charge in [0.2, 0.25) is 0 Å². The molecular weight excluding hydrogens is 384 g/mol. The van der Waals surface area contributed by atoms with Crippen molar-refractivity contribution in [2.24, 2.45) is 0 Å². The van der Waals surface area contributed by atoms with Crippen LogP contribution in [0.1, 0.15) is 28.6 Å². The van der Waals surface area contributed by atoms with Gasteiger partial charge >= 0.3 is 0 Å². The first-order chi connectivity index (χ1) is 13.7. The molecule has 1 N–H and O–H groups in total. The summed E-state index contributed by atoms with van der Waals surface area (Å²) < 4.78 is 0. The number of amides is 1. The highest BCUT2D eigenvalue weighted by Gasteiger charge is 2.21. The van der Waals surface area contributed by atoms with E-state index in [4.69, 9.17) is 0 Å². The van der Waals surface area contributed by atoms with Crippen molar-refractivity contribution in [2.75, 3.05) is 17.2 Å². The van der Waals surface area contributed by atoms with Gasteiger partial charge in [-0.05, 0) is 49.6 Å². The van der Waals surface area contributed by atoms with Crippen LogP contribution in [0, 0.1) is 0 Å². The van der Waals surface area contributed by atoms with E-state index in [2.05, 4.69) is 71.7 Å². The zero-order valence-corrected chi connectivity index (χ0v) is 17.6. The Bertz CT molecular complexity index is 939. The molecule has 5 heteroatoms. The molecule has 144 valence electrons. The molecule has 0 bridgehead atoms. The summed E-state index contributed by atoms with van der Waals surface area (Å²) in [5.74, 6) is 1.09. The number of para-hydroxylation sites is 1. The Morgan fingerprint density at radius 1 is 1.07 bits per heavy atom. The minimum atomic E-state index is 0.0245. The molecule has 2 aromatic carbocycles. The van der Waals surface area contributed by atoms with Crippen molar-refractivity contribution >= 4 is 39.7 Å². The van der Waals surface area contributed by atoms with Crippen molar-refractivity contribution in [1.82, 2.24) is 5.32 Å². The fourth-order valence-electron chi connectivity index (χ4n) is 3.39. The molecule has 0 saturated heterocycles. The second-order valence-corrected chi connectivity index (χ2v) is 9.20. The van der Waals surface area contributed by atoms with Gasteiger partial charge in [0.05, 0.1) is 15.6 Å². The van der Waals surface area contributed by atoms with Crippen molar-refractivity contribution in [2.45, 2.75) is 30.7 Å². The SMILES string of the molecule is C[C@@H](CCc1ccccc1)NC(=O)c1ccc(N2CCSc3ccccc32)s1. The summed E-state index contributed by atoms with van der Waals surface area (Å²) in [5.41, 5.74) is 2.55. The van der Waals surface area contributed by atoms with Crippen LogP contribution in [0.25, 0.3) is 0 Å². The fraction of sp³-hybridized carbons (Fsp3) is 0.261. The smallest absolute Gasteiger partial charge is 0.261 e. The standard InChI is InChI=1S/C23H24N2OS2/c1-17(11-12-18-7-3-2-4-8-18)24-23(26)21-13-14-22(28-21)25-15-16-27-20-10-6-5-9-19(20)25/h2-10,13-14,17H,11-12,15-16H2,1H3,(H,24,26)/t17-/m0/s1. The van der Waals surface area contributed by atoms with Gasteiger partial charge in [0, 0.05) is 23.2 Å². The third-order valence-electron chi connectivity index (χ3n) is 4.90. The van der Waals surface area contributed by atoms with Gasteiger partial charge in [-0.2, -0.15) is 0 Å². The van der Waals surface area contributed by atoms with Crippen LogP contribution >= 0.6 is 23.1 Å². The molecule has 1 aromatic heterocycles. The maximum atomic E-state index is 12.7. The van der Waals surface area contributed by atoms with E-state index in [1.165, 1.54) is 16.1 Å². The van der Waals surface area contributed by atoms with E-state index in [-0.39, 0.29) is 11.9 Å². The fourth-order valence-corrected chi connectivity index (χ4v) is 5.33. The van der Waals surface area contributed by atoms with Gasteiger partial charge in [-0.25, -0.2) is 0 Å². The van der Waals surface area contributed by atoms with Crippen molar-refractivity contribution in [1.29, 1.82) is 0 Å². The third kappa shape index (κ3) is 4.42. The van der Waals surface area contributed by atoms with Crippen LogP contribution in [0.15, 0.2) is 71.6 Å². The molecule has 1 atom stereocenters. The molecule has 3 aromatic rings. The predicted molar refractivity (Wildman–Crippen MR) is 120 cm³/mol. The van der Waals surface area contributed by atoms with Crippen LogP contribution in [0.5, 0.6) is 0 Å². The molecule has 1 aliphatic rings. The summed E-state index contributed by atoms with van der Waals surface area (Å²) >= 11 is 3.47. The van der Waals surface area contributed by atoms with E-state index in [0.717, 1.165) is 35.0 Å². The summed E-state index contributed by atoms with van der Waals surface area (Å²) in [4.78, 5) is 17.1. The molecule has 1 amide bonds. The first-order valence-corrected chi connectivity index (χ1v) is 11.4. The lowest BCUT2D eigenvalue weighted by Gasteiger charge is -2.29. The molecule has 28 heavy (non-hydrogen) atoms. The normalized spacial score (nSPS) is 14.4. The van der Waals surface area contributed by atoms with E-state index < -0.39 is 0 Å². The number of nitrogens with zero attached hydrogens (tertiary/aromatic N) is 1. The Labute approximate surface area is 174 Å². The monoisotopic (exact) mass is 408 g/mol. The number of hydrogen-bond donors (Lipinski definition) is 1. The average molecular weight is 409 g/mol. The molecule has 3 nitrogen and oxygen atoms in total. The predicted octanol–water partition coefficient (Wildman–Crippen LogP) is 5.74. The largest absolute Gasteiger partial charge is 0.349 e. The van der Waals surface area contributed by atoms with E-state index >= 15 is 0 Å². The summed E-state index contributed by atoms with van der Waals surface area (Å²) in [6.07, 6.45) is 1.91. The van der Waals surface area contributed by atoms with Crippen LogP contribution in [0.2, 0.25) is 0 Å². The Morgan fingerprint density at radius 3 is 2.71 bits per heavy atom. The zero-order valence-electron chi connectivity index (χ0n) is 15.9. The maximum Gasteiger partial charge on any atom is 0.261 e. The zero-order chi connectivity index (χ0) is 19.3. The van der Waals surface area contributed by atoms with Gasteiger partial charge < -0.3 is 10.2 Å². The topological polar surface area (TPSA) is 32.3 Å². The van der Waals surface area contributed by atoms with Gasteiger partial charge in [0.1, 0.15) is 0 Å². The molecule has 0 saturated carbocycles. The number of fused-ring (bicyclic) bond motifs is 1. The van der Waals surface area contributed by atoms with Crippen LogP contribution in [-0.4, -0.2) is 24.2 Å². The summed E-state index contributed by atoms with van der Waals surface area (Å²) in [7, 11) is 0. The molecule has 0 unspecified atom stereocenters. The van der Waals surface area contributed by atoms with Gasteiger partial charge in [-0.1, -0.05) is 42.5 Å². The van der Waals surface area contributed by atoms with Crippen molar-refractivity contribution in [3.05, 3.63) is 77.2 Å². The average Bonchev–Trinajstić information content (AvgIpc) is 3.23. The lowest BCUT2D eigenvalue weighted by molar-refractivity contribution is 0.0942. The molecule has 0 fully saturated rings. The summed E-state index contributed by atoms with van der Waals surface area (Å²) in [5, 5.41) is 4.28. The number of carbonyl (C=O) groups excluding carboxylic acids is 1. The summed E-state index contributed by atoms with van der Waals surface area (Å²) in [6.45, 7) is 3.05. The number of rotatable bonds is 6. The van der Waals surface area contributed by atoms with E-state index in [9.17, 15) is 4.79 Å². The first-order valence-electron chi connectivity index (χ1n) is 9.65. The third-order valence-corrected chi connectivity index (χ3v) is 7.05. The molecule has 2 heterocycles. The number of aryl methyl sites for hydroxylation is 1. The maximum absolute atomic E-state index is 12.7. The minimum Gasteiger partial charge on any atom is -0.349 e. The van der Waals surface area contributed by atoms with Gasteiger partial charge in [0.25, 0.3) is 5.91 Å². The number of anilines is 2. The highest BCUT2D eigenvalue weighted by molar-refractivity contribution is 7.99. The molecule has 1 aliphatic heterocycles. The highest BCUT2D eigenvalue weighted by atomic mass is 32.2. The van der Waals surface area contributed by atoms with Crippen LogP contribution in [0.4, 0.5) is 10.7 Å². The first kappa shape index (κ1) is 19.1. The molecular formula is C23H24N2OS2. The number of thioether (sulfide) groups is 1. The van der Waals surface area contributed by atoms with Gasteiger partial charge in [-0.15, -0.1) is 23.1 Å². The van der Waals surface area contributed by atoms with Crippen molar-refractivity contribution < 1.29 is 4.79 Å².